The Labute approximate surface area is 149 Å². The highest BCUT2D eigenvalue weighted by atomic mass is 16.5. The number of hydrogen-bond acceptors (Lipinski definition) is 4. The van der Waals surface area contributed by atoms with E-state index in [2.05, 4.69) is 5.32 Å². The number of benzene rings is 2. The van der Waals surface area contributed by atoms with Gasteiger partial charge < -0.3 is 20.1 Å². The van der Waals surface area contributed by atoms with Crippen LogP contribution in [0.3, 0.4) is 0 Å². The topological polar surface area (TPSA) is 61.8 Å². The fourth-order valence-corrected chi connectivity index (χ4v) is 2.55. The number of likely N-dealkylation sites (N-methyl/N-ethyl adjacent to an activating group) is 1. The molecule has 2 aromatic carbocycles. The number of hydrogen-bond donors (Lipinski definition) is 2. The van der Waals surface area contributed by atoms with E-state index in [9.17, 15) is 9.90 Å². The van der Waals surface area contributed by atoms with Crippen LogP contribution in [-0.2, 0) is 11.4 Å². The summed E-state index contributed by atoms with van der Waals surface area (Å²) in [4.78, 5) is 14.6. The normalized spacial score (nSPS) is 13.3. The minimum Gasteiger partial charge on any atom is -0.481 e. The highest BCUT2D eigenvalue weighted by molar-refractivity contribution is 5.81. The van der Waals surface area contributed by atoms with Gasteiger partial charge in [-0.25, -0.2) is 0 Å². The van der Waals surface area contributed by atoms with Crippen molar-refractivity contribution in [3.63, 3.8) is 0 Å². The lowest BCUT2D eigenvalue weighted by molar-refractivity contribution is -0.128. The lowest BCUT2D eigenvalue weighted by Crippen LogP contribution is -2.41. The Morgan fingerprint density at radius 1 is 1.16 bits per heavy atom. The van der Waals surface area contributed by atoms with E-state index in [4.69, 9.17) is 4.74 Å². The van der Waals surface area contributed by atoms with Crippen molar-refractivity contribution >= 4 is 5.91 Å². The van der Waals surface area contributed by atoms with Gasteiger partial charge in [0.25, 0.3) is 5.91 Å². The second-order valence-electron chi connectivity index (χ2n) is 6.30. The van der Waals surface area contributed by atoms with Crippen LogP contribution in [0.1, 0.15) is 24.1 Å². The minimum absolute atomic E-state index is 0.0588. The molecule has 2 aromatic rings. The van der Waals surface area contributed by atoms with Gasteiger partial charge in [0.15, 0.2) is 6.10 Å². The van der Waals surface area contributed by atoms with Crippen molar-refractivity contribution in [3.05, 3.63) is 65.7 Å². The van der Waals surface area contributed by atoms with Crippen molar-refractivity contribution in [1.82, 2.24) is 10.2 Å². The van der Waals surface area contributed by atoms with Crippen LogP contribution in [0.15, 0.2) is 54.6 Å². The molecule has 0 spiro atoms. The molecule has 0 aromatic heterocycles. The molecule has 0 aliphatic rings. The van der Waals surface area contributed by atoms with Crippen molar-refractivity contribution in [1.29, 1.82) is 0 Å². The van der Waals surface area contributed by atoms with Crippen LogP contribution in [0.2, 0.25) is 0 Å². The lowest BCUT2D eigenvalue weighted by atomic mass is 10.1. The summed E-state index contributed by atoms with van der Waals surface area (Å²) in [7, 11) is 3.95. The van der Waals surface area contributed by atoms with E-state index in [-0.39, 0.29) is 18.6 Å². The molecule has 2 unspecified atom stereocenters. The molecule has 0 aliphatic carbocycles. The lowest BCUT2D eigenvalue weighted by Gasteiger charge is -2.24. The first-order chi connectivity index (χ1) is 12.0. The van der Waals surface area contributed by atoms with Crippen LogP contribution >= 0.6 is 0 Å². The zero-order valence-electron chi connectivity index (χ0n) is 15.0. The average Bonchev–Trinajstić information content (AvgIpc) is 2.61. The van der Waals surface area contributed by atoms with Crippen LogP contribution in [0.4, 0.5) is 0 Å². The van der Waals surface area contributed by atoms with Gasteiger partial charge in [-0.05, 0) is 44.3 Å². The Kier molecular flexibility index (Phi) is 6.98. The maximum Gasteiger partial charge on any atom is 0.261 e. The molecule has 5 nitrogen and oxygen atoms in total. The third kappa shape index (κ3) is 5.89. The van der Waals surface area contributed by atoms with E-state index in [0.29, 0.717) is 12.3 Å². The van der Waals surface area contributed by atoms with Crippen LogP contribution < -0.4 is 10.1 Å². The largest absolute Gasteiger partial charge is 0.481 e. The first-order valence-electron chi connectivity index (χ1n) is 8.36. The monoisotopic (exact) mass is 342 g/mol. The van der Waals surface area contributed by atoms with Gasteiger partial charge in [0, 0.05) is 6.54 Å². The number of carbonyl (C=O) groups is 1. The average molecular weight is 342 g/mol. The van der Waals surface area contributed by atoms with Gasteiger partial charge in [-0.15, -0.1) is 0 Å². The van der Waals surface area contributed by atoms with Crippen LogP contribution in [0, 0.1) is 0 Å². The molecule has 0 bridgehead atoms. The van der Waals surface area contributed by atoms with Gasteiger partial charge >= 0.3 is 0 Å². The summed E-state index contributed by atoms with van der Waals surface area (Å²) in [5.74, 6) is 0.392. The first-order valence-corrected chi connectivity index (χ1v) is 8.36. The van der Waals surface area contributed by atoms with Crippen molar-refractivity contribution in [2.24, 2.45) is 0 Å². The molecule has 0 aliphatic heterocycles. The Hall–Kier alpha value is -2.37. The van der Waals surface area contributed by atoms with E-state index in [1.165, 1.54) is 0 Å². The molecular formula is C20H26N2O3. The number of ether oxygens (including phenoxy) is 1. The Balaban J connectivity index is 2.03. The first kappa shape index (κ1) is 19.0. The predicted molar refractivity (Wildman–Crippen MR) is 98.3 cm³/mol. The third-order valence-corrected chi connectivity index (χ3v) is 3.83. The van der Waals surface area contributed by atoms with Crippen molar-refractivity contribution in [2.45, 2.75) is 25.7 Å². The summed E-state index contributed by atoms with van der Waals surface area (Å²) in [6.07, 6.45) is -0.637. The molecule has 0 saturated carbocycles. The third-order valence-electron chi connectivity index (χ3n) is 3.83. The summed E-state index contributed by atoms with van der Waals surface area (Å²) in [5.41, 5.74) is 1.80. The maximum absolute atomic E-state index is 12.6. The Morgan fingerprint density at radius 3 is 2.52 bits per heavy atom. The van der Waals surface area contributed by atoms with Crippen molar-refractivity contribution in [2.75, 3.05) is 20.6 Å². The Bertz CT molecular complexity index is 674. The molecule has 5 heteroatoms. The Morgan fingerprint density at radius 2 is 1.88 bits per heavy atom. The molecule has 0 radical (unpaired) electrons. The highest BCUT2D eigenvalue weighted by Gasteiger charge is 2.21. The molecule has 25 heavy (non-hydrogen) atoms. The van der Waals surface area contributed by atoms with Gasteiger partial charge in [-0.1, -0.05) is 42.5 Å². The van der Waals surface area contributed by atoms with Gasteiger partial charge in [0.1, 0.15) is 5.75 Å². The van der Waals surface area contributed by atoms with E-state index in [1.807, 2.05) is 49.3 Å². The predicted octanol–water partition coefficient (Wildman–Crippen LogP) is 2.37. The summed E-state index contributed by atoms with van der Waals surface area (Å²) in [6, 6.07) is 16.9. The van der Waals surface area contributed by atoms with Gasteiger partial charge in [-0.2, -0.15) is 0 Å². The molecule has 0 heterocycles. The number of aliphatic hydroxyl groups excluding tert-OH is 1. The van der Waals surface area contributed by atoms with E-state index >= 15 is 0 Å². The molecule has 2 N–H and O–H groups in total. The second kappa shape index (κ2) is 9.20. The summed E-state index contributed by atoms with van der Waals surface area (Å²) < 4.78 is 5.72. The summed E-state index contributed by atoms with van der Waals surface area (Å²) >= 11 is 0. The van der Waals surface area contributed by atoms with Crippen LogP contribution in [-0.4, -0.2) is 42.7 Å². The fraction of sp³-hybridized carbons (Fsp3) is 0.350. The molecule has 1 amide bonds. The molecule has 0 fully saturated rings. The molecule has 2 atom stereocenters. The van der Waals surface area contributed by atoms with Gasteiger partial charge in [-0.3, -0.25) is 4.79 Å². The maximum atomic E-state index is 12.6. The zero-order chi connectivity index (χ0) is 18.2. The molecule has 2 rings (SSSR count). The van der Waals surface area contributed by atoms with E-state index < -0.39 is 6.10 Å². The number of nitrogens with one attached hydrogen (secondary N) is 1. The van der Waals surface area contributed by atoms with Gasteiger partial charge in [0.2, 0.25) is 0 Å². The standard InChI is InChI=1S/C20H26N2O3/c1-15(25-18-11-7-8-16(12-18)14-23)20(24)21-19(13-22(2)3)17-9-5-4-6-10-17/h4-12,15,19,23H,13-14H2,1-3H3,(H,21,24). The molecule has 134 valence electrons. The number of amides is 1. The number of rotatable bonds is 8. The SMILES string of the molecule is CC(Oc1cccc(CO)c1)C(=O)NC(CN(C)C)c1ccccc1. The summed E-state index contributed by atoms with van der Waals surface area (Å²) in [6.45, 7) is 2.36. The number of aliphatic hydroxyl groups is 1. The second-order valence-corrected chi connectivity index (χ2v) is 6.30. The van der Waals surface area contributed by atoms with E-state index in [0.717, 1.165) is 11.1 Å². The zero-order valence-corrected chi connectivity index (χ0v) is 15.0. The fourth-order valence-electron chi connectivity index (χ4n) is 2.55. The van der Waals surface area contributed by atoms with Gasteiger partial charge in [0.05, 0.1) is 12.6 Å². The van der Waals surface area contributed by atoms with Crippen molar-refractivity contribution < 1.29 is 14.6 Å². The summed E-state index contributed by atoms with van der Waals surface area (Å²) in [5, 5.41) is 12.3. The smallest absolute Gasteiger partial charge is 0.261 e. The van der Waals surface area contributed by atoms with Crippen LogP contribution in [0.5, 0.6) is 5.75 Å². The van der Waals surface area contributed by atoms with Crippen LogP contribution in [0.25, 0.3) is 0 Å². The number of nitrogens with zero attached hydrogens (tertiary/aromatic N) is 1. The highest BCUT2D eigenvalue weighted by Crippen LogP contribution is 2.17. The molecular weight excluding hydrogens is 316 g/mol. The quantitative estimate of drug-likeness (QED) is 0.773. The molecule has 0 saturated heterocycles. The van der Waals surface area contributed by atoms with Crippen molar-refractivity contribution in [3.8, 4) is 5.75 Å². The number of carbonyl (C=O) groups excluding carboxylic acids is 1. The minimum atomic E-state index is -0.637. The van der Waals surface area contributed by atoms with E-state index in [1.54, 1.807) is 31.2 Å².